The second-order valence-electron chi connectivity index (χ2n) is 2.48. The molecule has 0 radical (unpaired) electrons. The Labute approximate surface area is 57.1 Å². The summed E-state index contributed by atoms with van der Waals surface area (Å²) in [6.07, 6.45) is 0.340. The number of ether oxygens (including phenoxy) is 2. The summed E-state index contributed by atoms with van der Waals surface area (Å²) >= 11 is 0. The average molecular weight is 142 g/mol. The summed E-state index contributed by atoms with van der Waals surface area (Å²) in [5.74, 6) is -1.48. The van der Waals surface area contributed by atoms with Crippen molar-refractivity contribution in [2.24, 2.45) is 5.92 Å². The molecule has 2 saturated heterocycles. The van der Waals surface area contributed by atoms with E-state index in [0.29, 0.717) is 6.42 Å². The zero-order valence-corrected chi connectivity index (χ0v) is 5.20. The fourth-order valence-electron chi connectivity index (χ4n) is 1.22. The summed E-state index contributed by atoms with van der Waals surface area (Å²) in [7, 11) is 0. The third-order valence-electron chi connectivity index (χ3n) is 1.76. The number of carbonyl (C=O) groups excluding carboxylic acids is 2. The van der Waals surface area contributed by atoms with Crippen molar-refractivity contribution in [3.63, 3.8) is 0 Å². The van der Waals surface area contributed by atoms with Crippen molar-refractivity contribution in [2.45, 2.75) is 12.5 Å². The van der Waals surface area contributed by atoms with Crippen molar-refractivity contribution in [3.05, 3.63) is 0 Å². The van der Waals surface area contributed by atoms with Crippen LogP contribution in [0.1, 0.15) is 6.42 Å². The lowest BCUT2D eigenvalue weighted by atomic mass is 10.0. The lowest BCUT2D eigenvalue weighted by Gasteiger charge is -2.13. The molecule has 2 bridgehead atoms. The smallest absolute Gasteiger partial charge is 0.320 e. The van der Waals surface area contributed by atoms with E-state index in [1.165, 1.54) is 0 Å². The van der Waals surface area contributed by atoms with Crippen LogP contribution in [0.25, 0.3) is 0 Å². The lowest BCUT2D eigenvalue weighted by molar-refractivity contribution is -0.153. The number of fused-ring (bicyclic) bond motifs is 2. The Hall–Kier alpha value is -1.06. The molecule has 2 aliphatic rings. The van der Waals surface area contributed by atoms with Crippen LogP contribution < -0.4 is 0 Å². The zero-order chi connectivity index (χ0) is 7.14. The third kappa shape index (κ3) is 0.616. The Kier molecular flexibility index (Phi) is 0.977. The van der Waals surface area contributed by atoms with E-state index in [9.17, 15) is 9.59 Å². The molecule has 0 unspecified atom stereocenters. The molecule has 2 aliphatic heterocycles. The molecule has 0 amide bonds. The molecular formula is C6H6O4. The highest BCUT2D eigenvalue weighted by atomic mass is 16.6. The molecular weight excluding hydrogens is 136 g/mol. The highest BCUT2D eigenvalue weighted by molar-refractivity contribution is 5.97. The Morgan fingerprint density at radius 2 is 2.10 bits per heavy atom. The van der Waals surface area contributed by atoms with Crippen molar-refractivity contribution in [1.29, 1.82) is 0 Å². The molecule has 54 valence electrons. The van der Waals surface area contributed by atoms with Gasteiger partial charge in [-0.05, 0) is 0 Å². The first-order valence-electron chi connectivity index (χ1n) is 3.14. The first-order valence-corrected chi connectivity index (χ1v) is 3.14. The van der Waals surface area contributed by atoms with Crippen LogP contribution in [0.3, 0.4) is 0 Å². The van der Waals surface area contributed by atoms with Gasteiger partial charge in [-0.1, -0.05) is 0 Å². The summed E-state index contributed by atoms with van der Waals surface area (Å²) < 4.78 is 9.42. The Morgan fingerprint density at radius 1 is 1.30 bits per heavy atom. The first kappa shape index (κ1) is 5.70. The molecule has 10 heavy (non-hydrogen) atoms. The van der Waals surface area contributed by atoms with E-state index in [1.807, 2.05) is 0 Å². The summed E-state index contributed by atoms with van der Waals surface area (Å²) in [5, 5.41) is 0. The fourth-order valence-corrected chi connectivity index (χ4v) is 1.22. The summed E-state index contributed by atoms with van der Waals surface area (Å²) in [4.78, 5) is 21.5. The second kappa shape index (κ2) is 1.71. The van der Waals surface area contributed by atoms with Gasteiger partial charge >= 0.3 is 11.9 Å². The number of carbonyl (C=O) groups is 2. The Balaban J connectivity index is 2.25. The van der Waals surface area contributed by atoms with E-state index in [-0.39, 0.29) is 12.7 Å². The minimum absolute atomic E-state index is 0.171. The number of hydrogen-bond donors (Lipinski definition) is 0. The average Bonchev–Trinajstić information content (AvgIpc) is 2.21. The highest BCUT2D eigenvalue weighted by Crippen LogP contribution is 2.26. The first-order chi connectivity index (χ1) is 4.77. The van der Waals surface area contributed by atoms with E-state index >= 15 is 0 Å². The van der Waals surface area contributed by atoms with E-state index < -0.39 is 17.9 Å². The van der Waals surface area contributed by atoms with Gasteiger partial charge in [-0.15, -0.1) is 0 Å². The molecule has 0 aliphatic carbocycles. The largest absolute Gasteiger partial charge is 0.461 e. The molecule has 0 spiro atoms. The molecule has 0 N–H and O–H groups in total. The van der Waals surface area contributed by atoms with Crippen LogP contribution in [-0.4, -0.2) is 24.6 Å². The van der Waals surface area contributed by atoms with Gasteiger partial charge in [0.15, 0.2) is 5.92 Å². The van der Waals surface area contributed by atoms with Gasteiger partial charge < -0.3 is 9.47 Å². The van der Waals surface area contributed by atoms with Crippen molar-refractivity contribution in [1.82, 2.24) is 0 Å². The molecule has 0 saturated carbocycles. The summed E-state index contributed by atoms with van der Waals surface area (Å²) in [6.45, 7) is 0.237. The summed E-state index contributed by atoms with van der Waals surface area (Å²) in [5.41, 5.74) is 0. The van der Waals surface area contributed by atoms with Gasteiger partial charge in [0.05, 0.1) is 0 Å². The third-order valence-corrected chi connectivity index (χ3v) is 1.76. The van der Waals surface area contributed by atoms with Gasteiger partial charge in [0.1, 0.15) is 12.7 Å². The molecule has 4 heteroatoms. The Morgan fingerprint density at radius 3 is 2.80 bits per heavy atom. The van der Waals surface area contributed by atoms with Gasteiger partial charge in [0.25, 0.3) is 0 Å². The predicted octanol–water partition coefficient (Wildman–Crippen LogP) is -0.525. The number of hydrogen-bond acceptors (Lipinski definition) is 4. The minimum Gasteiger partial charge on any atom is -0.461 e. The van der Waals surface area contributed by atoms with Gasteiger partial charge in [-0.2, -0.15) is 0 Å². The van der Waals surface area contributed by atoms with Gasteiger partial charge in [-0.3, -0.25) is 9.59 Å². The minimum atomic E-state index is -0.626. The molecule has 0 aromatic carbocycles. The summed E-state index contributed by atoms with van der Waals surface area (Å²) in [6, 6.07) is 0. The number of esters is 2. The van der Waals surface area contributed by atoms with Gasteiger partial charge in [0, 0.05) is 6.42 Å². The highest BCUT2D eigenvalue weighted by Gasteiger charge is 2.45. The van der Waals surface area contributed by atoms with Crippen LogP contribution in [0, 0.1) is 5.92 Å². The molecule has 2 heterocycles. The fraction of sp³-hybridized carbons (Fsp3) is 0.667. The van der Waals surface area contributed by atoms with E-state index in [1.54, 1.807) is 0 Å². The van der Waals surface area contributed by atoms with Crippen LogP contribution in [0.5, 0.6) is 0 Å². The van der Waals surface area contributed by atoms with Crippen LogP contribution >= 0.6 is 0 Å². The quantitative estimate of drug-likeness (QED) is 0.337. The Bertz CT molecular complexity index is 190. The molecule has 0 aromatic heterocycles. The molecule has 2 atom stereocenters. The van der Waals surface area contributed by atoms with Crippen LogP contribution in [0.15, 0.2) is 0 Å². The van der Waals surface area contributed by atoms with Crippen LogP contribution in [-0.2, 0) is 19.1 Å². The van der Waals surface area contributed by atoms with Crippen LogP contribution in [0.2, 0.25) is 0 Å². The van der Waals surface area contributed by atoms with Crippen molar-refractivity contribution >= 4 is 11.9 Å². The van der Waals surface area contributed by atoms with Crippen LogP contribution in [0.4, 0.5) is 0 Å². The number of rotatable bonds is 0. The maximum absolute atomic E-state index is 10.7. The van der Waals surface area contributed by atoms with E-state index in [4.69, 9.17) is 4.74 Å². The van der Waals surface area contributed by atoms with Crippen molar-refractivity contribution in [3.8, 4) is 0 Å². The monoisotopic (exact) mass is 142 g/mol. The number of cyclic esters (lactones) is 1. The van der Waals surface area contributed by atoms with Crippen molar-refractivity contribution < 1.29 is 19.1 Å². The van der Waals surface area contributed by atoms with Gasteiger partial charge in [0.2, 0.25) is 0 Å². The molecule has 0 aromatic rings. The lowest BCUT2D eigenvalue weighted by Crippen LogP contribution is -2.27. The maximum atomic E-state index is 10.7. The normalized spacial score (nSPS) is 37.2. The maximum Gasteiger partial charge on any atom is 0.320 e. The zero-order valence-electron chi connectivity index (χ0n) is 5.20. The van der Waals surface area contributed by atoms with E-state index in [2.05, 4.69) is 4.74 Å². The van der Waals surface area contributed by atoms with E-state index in [0.717, 1.165) is 0 Å². The SMILES string of the molecule is O=C1OC[C@H]2C[C@@H]1C(=O)O2. The molecule has 2 fully saturated rings. The topological polar surface area (TPSA) is 52.6 Å². The molecule has 4 nitrogen and oxygen atoms in total. The second-order valence-corrected chi connectivity index (χ2v) is 2.48. The predicted molar refractivity (Wildman–Crippen MR) is 28.9 cm³/mol. The van der Waals surface area contributed by atoms with Crippen molar-refractivity contribution in [2.75, 3.05) is 6.61 Å². The molecule has 2 rings (SSSR count). The standard InChI is InChI=1S/C6H6O4/c7-5-4-1-3(2-9-5)10-6(4)8/h3-4H,1-2H2/t3-,4+/m1/s1. The van der Waals surface area contributed by atoms with Gasteiger partial charge in [-0.25, -0.2) is 0 Å².